The Bertz CT molecular complexity index is 788. The first kappa shape index (κ1) is 15.6. The molecule has 0 amide bonds. The third-order valence-electron chi connectivity index (χ3n) is 3.73. The third kappa shape index (κ3) is 3.39. The Labute approximate surface area is 136 Å². The second-order valence-electron chi connectivity index (χ2n) is 5.47. The van der Waals surface area contributed by atoms with Gasteiger partial charge in [0.05, 0.1) is 5.56 Å². The van der Waals surface area contributed by atoms with Gasteiger partial charge in [0, 0.05) is 22.3 Å². The zero-order chi connectivity index (χ0) is 16.4. The topological polar surface area (TPSA) is 93.3 Å². The molecule has 7 heteroatoms. The van der Waals surface area contributed by atoms with Crippen LogP contribution in [0.5, 0.6) is 0 Å². The fourth-order valence-electron chi connectivity index (χ4n) is 2.78. The molecule has 0 radical (unpaired) electrons. The van der Waals surface area contributed by atoms with Crippen molar-refractivity contribution in [2.45, 2.75) is 39.0 Å². The Morgan fingerprint density at radius 2 is 2.09 bits per heavy atom. The van der Waals surface area contributed by atoms with Crippen LogP contribution in [0, 0.1) is 6.92 Å². The van der Waals surface area contributed by atoms with E-state index >= 15 is 0 Å². The van der Waals surface area contributed by atoms with E-state index in [2.05, 4.69) is 10.1 Å². The summed E-state index contributed by atoms with van der Waals surface area (Å²) in [7, 11) is 0. The van der Waals surface area contributed by atoms with Crippen LogP contribution in [0.2, 0.25) is 0 Å². The molecule has 3 rings (SSSR count). The van der Waals surface area contributed by atoms with Crippen molar-refractivity contribution < 1.29 is 19.2 Å². The first-order valence-corrected chi connectivity index (χ1v) is 8.24. The van der Waals surface area contributed by atoms with E-state index in [-0.39, 0.29) is 12.2 Å². The Hall–Kier alpha value is -2.28. The lowest BCUT2D eigenvalue weighted by Crippen LogP contribution is -2.02. The third-order valence-corrected chi connectivity index (χ3v) is 5.02. The highest BCUT2D eigenvalue weighted by atomic mass is 32.1. The van der Waals surface area contributed by atoms with Crippen LogP contribution in [0.1, 0.15) is 34.0 Å². The second-order valence-corrected chi connectivity index (χ2v) is 6.66. The number of carboxylic acid groups (broad SMARTS) is 1. The van der Waals surface area contributed by atoms with Crippen LogP contribution in [0.15, 0.2) is 16.7 Å². The normalized spacial score (nSPS) is 14.1. The summed E-state index contributed by atoms with van der Waals surface area (Å²) in [6.45, 7) is 1.76. The van der Waals surface area contributed by atoms with Gasteiger partial charge in [0.15, 0.2) is 11.6 Å². The van der Waals surface area contributed by atoms with Crippen LogP contribution < -0.4 is 0 Å². The molecule has 23 heavy (non-hydrogen) atoms. The number of allylic oxidation sites excluding steroid dienone is 1. The van der Waals surface area contributed by atoms with Crippen molar-refractivity contribution in [1.29, 1.82) is 0 Å². The summed E-state index contributed by atoms with van der Waals surface area (Å²) in [6, 6.07) is 0. The molecule has 0 unspecified atom stereocenters. The molecule has 0 bridgehead atoms. The van der Waals surface area contributed by atoms with Crippen LogP contribution in [0.4, 0.5) is 0 Å². The van der Waals surface area contributed by atoms with Gasteiger partial charge in [-0.2, -0.15) is 4.98 Å². The van der Waals surface area contributed by atoms with Gasteiger partial charge in [-0.3, -0.25) is 4.79 Å². The highest BCUT2D eigenvalue weighted by Gasteiger charge is 2.25. The summed E-state index contributed by atoms with van der Waals surface area (Å²) in [6.07, 6.45) is 6.31. The van der Waals surface area contributed by atoms with Gasteiger partial charge in [0.25, 0.3) is 5.89 Å². The number of carboxylic acids is 1. The largest absolute Gasteiger partial charge is 0.478 e. The lowest BCUT2D eigenvalue weighted by molar-refractivity contribution is -0.131. The second kappa shape index (κ2) is 6.45. The Kier molecular flexibility index (Phi) is 4.38. The van der Waals surface area contributed by atoms with Crippen molar-refractivity contribution in [2.75, 3.05) is 0 Å². The standard InChI is InChI=1S/C16H16N2O4S/c1-9-17-16(22-18-9)15-11-4-2-3-5-12(11)23-13(15)8-10(19)6-7-14(20)21/h6-7H,2-5,8H2,1H3,(H,20,21)/b7-6-. The Balaban J connectivity index is 1.97. The summed E-state index contributed by atoms with van der Waals surface area (Å²) in [5.41, 5.74) is 2.08. The van der Waals surface area contributed by atoms with Crippen molar-refractivity contribution in [1.82, 2.24) is 10.1 Å². The van der Waals surface area contributed by atoms with Crippen LogP contribution >= 0.6 is 11.3 Å². The Morgan fingerprint density at radius 3 is 2.78 bits per heavy atom. The minimum atomic E-state index is -1.13. The summed E-state index contributed by atoms with van der Waals surface area (Å²) in [5.74, 6) is -0.370. The predicted octanol–water partition coefficient (Wildman–Crippen LogP) is 2.74. The van der Waals surface area contributed by atoms with Crippen molar-refractivity contribution in [3.05, 3.63) is 33.3 Å². The number of carbonyl (C=O) groups excluding carboxylic acids is 1. The fraction of sp³-hybridized carbons (Fsp3) is 0.375. The maximum atomic E-state index is 12.0. The molecule has 0 aromatic carbocycles. The first-order valence-electron chi connectivity index (χ1n) is 7.42. The van der Waals surface area contributed by atoms with E-state index in [1.54, 1.807) is 18.3 Å². The Morgan fingerprint density at radius 1 is 1.30 bits per heavy atom. The molecule has 0 saturated heterocycles. The smallest absolute Gasteiger partial charge is 0.328 e. The first-order chi connectivity index (χ1) is 11.0. The minimum Gasteiger partial charge on any atom is -0.478 e. The van der Waals surface area contributed by atoms with E-state index in [0.29, 0.717) is 11.7 Å². The predicted molar refractivity (Wildman–Crippen MR) is 84.5 cm³/mol. The lowest BCUT2D eigenvalue weighted by Gasteiger charge is -2.11. The number of hydrogen-bond donors (Lipinski definition) is 1. The van der Waals surface area contributed by atoms with Crippen molar-refractivity contribution in [3.63, 3.8) is 0 Å². The maximum Gasteiger partial charge on any atom is 0.328 e. The summed E-state index contributed by atoms with van der Waals surface area (Å²) in [4.78, 5) is 29.0. The number of fused-ring (bicyclic) bond motifs is 1. The monoisotopic (exact) mass is 332 g/mol. The highest BCUT2D eigenvalue weighted by molar-refractivity contribution is 7.12. The molecule has 0 fully saturated rings. The molecular weight excluding hydrogens is 316 g/mol. The fourth-order valence-corrected chi connectivity index (χ4v) is 4.17. The number of nitrogens with zero attached hydrogens (tertiary/aromatic N) is 2. The number of hydrogen-bond acceptors (Lipinski definition) is 6. The van der Waals surface area contributed by atoms with E-state index in [0.717, 1.165) is 48.3 Å². The van der Waals surface area contributed by atoms with Crippen LogP contribution in [-0.2, 0) is 28.9 Å². The molecule has 120 valence electrons. The number of aliphatic carboxylic acids is 1. The molecule has 0 atom stereocenters. The molecule has 2 aromatic rings. The average Bonchev–Trinajstić information content (AvgIpc) is 3.08. The van der Waals surface area contributed by atoms with E-state index in [1.165, 1.54) is 10.4 Å². The van der Waals surface area contributed by atoms with Gasteiger partial charge in [-0.15, -0.1) is 11.3 Å². The van der Waals surface area contributed by atoms with Gasteiger partial charge in [0.1, 0.15) is 0 Å². The van der Waals surface area contributed by atoms with Crippen LogP contribution in [0.3, 0.4) is 0 Å². The van der Waals surface area contributed by atoms with Gasteiger partial charge in [-0.1, -0.05) is 5.16 Å². The molecule has 0 aliphatic heterocycles. The molecule has 2 aromatic heterocycles. The van der Waals surface area contributed by atoms with Gasteiger partial charge >= 0.3 is 5.97 Å². The van der Waals surface area contributed by atoms with Crippen molar-refractivity contribution >= 4 is 23.1 Å². The maximum absolute atomic E-state index is 12.0. The molecule has 1 aliphatic carbocycles. The molecular formula is C16H16N2O4S. The summed E-state index contributed by atoms with van der Waals surface area (Å²) >= 11 is 1.60. The summed E-state index contributed by atoms with van der Waals surface area (Å²) in [5, 5.41) is 12.5. The highest BCUT2D eigenvalue weighted by Crippen LogP contribution is 2.40. The van der Waals surface area contributed by atoms with Crippen molar-refractivity contribution in [2.24, 2.45) is 0 Å². The van der Waals surface area contributed by atoms with E-state index in [9.17, 15) is 9.59 Å². The number of carbonyl (C=O) groups is 2. The number of thiophene rings is 1. The zero-order valence-electron chi connectivity index (χ0n) is 12.7. The molecule has 6 nitrogen and oxygen atoms in total. The van der Waals surface area contributed by atoms with Gasteiger partial charge < -0.3 is 9.63 Å². The number of ketones is 1. The number of aromatic nitrogens is 2. The molecule has 2 heterocycles. The summed E-state index contributed by atoms with van der Waals surface area (Å²) < 4.78 is 5.32. The molecule has 0 spiro atoms. The van der Waals surface area contributed by atoms with E-state index in [1.807, 2.05) is 0 Å². The zero-order valence-corrected chi connectivity index (χ0v) is 13.5. The SMILES string of the molecule is Cc1noc(-c2c(CC(=O)/C=C\C(=O)O)sc3c2CCCC3)n1. The van der Waals surface area contributed by atoms with Crippen LogP contribution in [0.25, 0.3) is 11.5 Å². The van der Waals surface area contributed by atoms with Gasteiger partial charge in [-0.05, 0) is 44.2 Å². The number of aryl methyl sites for hydroxylation is 2. The van der Waals surface area contributed by atoms with Crippen molar-refractivity contribution in [3.8, 4) is 11.5 Å². The lowest BCUT2D eigenvalue weighted by atomic mass is 9.94. The quantitative estimate of drug-likeness (QED) is 0.846. The molecule has 1 aliphatic rings. The molecule has 0 saturated carbocycles. The number of rotatable bonds is 5. The molecule has 1 N–H and O–H groups in total. The van der Waals surface area contributed by atoms with Crippen LogP contribution in [-0.4, -0.2) is 27.0 Å². The van der Waals surface area contributed by atoms with E-state index in [4.69, 9.17) is 9.63 Å². The average molecular weight is 332 g/mol. The van der Waals surface area contributed by atoms with E-state index < -0.39 is 5.97 Å². The minimum absolute atomic E-state index is 0.151. The van der Waals surface area contributed by atoms with Gasteiger partial charge in [-0.25, -0.2) is 4.79 Å². The van der Waals surface area contributed by atoms with Gasteiger partial charge in [0.2, 0.25) is 0 Å².